The van der Waals surface area contributed by atoms with Crippen LogP contribution in [0.25, 0.3) is 0 Å². The van der Waals surface area contributed by atoms with E-state index in [-0.39, 0.29) is 18.7 Å². The normalized spacial score (nSPS) is 38.2. The van der Waals surface area contributed by atoms with Gasteiger partial charge in [0, 0.05) is 24.4 Å². The van der Waals surface area contributed by atoms with Crippen molar-refractivity contribution < 1.29 is 42.1 Å². The number of fused-ring (bicyclic) bond motifs is 2. The molecule has 1 aromatic carbocycles. The number of carbonyl (C=O) groups excluding carboxylic acids is 2. The molecule has 5 rings (SSSR count). The van der Waals surface area contributed by atoms with Crippen molar-refractivity contribution in [3.8, 4) is 6.07 Å². The SMILES string of the molecule is COC(=O)[C@]12O[C@@]3(CCO[C@H]4[C@@H]3[C@@H]1C(=O)N4c1ccc(C#N)c(C(F)(F)F)c1)C[C@H]2O. The average Bonchev–Trinajstić information content (AvgIpc) is 3.31. The van der Waals surface area contributed by atoms with Gasteiger partial charge in [0.25, 0.3) is 0 Å². The molecule has 4 heterocycles. The molecule has 11 heteroatoms. The van der Waals surface area contributed by atoms with Gasteiger partial charge in [0.05, 0.1) is 48.5 Å². The van der Waals surface area contributed by atoms with Gasteiger partial charge in [0.15, 0.2) is 0 Å². The molecule has 1 aromatic rings. The van der Waals surface area contributed by atoms with E-state index in [1.54, 1.807) is 0 Å². The Labute approximate surface area is 174 Å². The second-order valence-corrected chi connectivity index (χ2v) is 8.23. The average molecular weight is 438 g/mol. The van der Waals surface area contributed by atoms with Crippen LogP contribution in [0.5, 0.6) is 0 Å². The highest BCUT2D eigenvalue weighted by molar-refractivity contribution is 6.04. The van der Waals surface area contributed by atoms with E-state index >= 15 is 0 Å². The minimum absolute atomic E-state index is 0.0887. The Hall–Kier alpha value is -2.68. The Balaban J connectivity index is 1.65. The number of anilines is 1. The lowest BCUT2D eigenvalue weighted by Gasteiger charge is -2.42. The predicted octanol–water partition coefficient (Wildman–Crippen LogP) is 1.35. The second kappa shape index (κ2) is 6.18. The molecule has 6 atom stereocenters. The second-order valence-electron chi connectivity index (χ2n) is 8.23. The number of rotatable bonds is 2. The van der Waals surface area contributed by atoms with Crippen LogP contribution in [-0.2, 0) is 30.0 Å². The molecule has 0 aliphatic carbocycles. The minimum Gasteiger partial charge on any atom is -0.467 e. The summed E-state index contributed by atoms with van der Waals surface area (Å²) in [7, 11) is 1.11. The molecule has 8 nitrogen and oxygen atoms in total. The summed E-state index contributed by atoms with van der Waals surface area (Å²) < 4.78 is 57.1. The maximum Gasteiger partial charge on any atom is 0.417 e. The number of nitrogens with zero attached hydrogens (tertiary/aromatic N) is 2. The molecule has 1 spiro atoms. The van der Waals surface area contributed by atoms with Crippen LogP contribution < -0.4 is 4.90 Å². The molecular weight excluding hydrogens is 421 g/mol. The molecule has 1 amide bonds. The number of hydrogen-bond acceptors (Lipinski definition) is 7. The summed E-state index contributed by atoms with van der Waals surface area (Å²) in [5.74, 6) is -3.43. The van der Waals surface area contributed by atoms with E-state index in [4.69, 9.17) is 19.5 Å². The van der Waals surface area contributed by atoms with Crippen molar-refractivity contribution in [2.75, 3.05) is 18.6 Å². The summed E-state index contributed by atoms with van der Waals surface area (Å²) in [6.45, 7) is 0.129. The number of methoxy groups -OCH3 is 1. The van der Waals surface area contributed by atoms with E-state index in [0.717, 1.165) is 24.1 Å². The van der Waals surface area contributed by atoms with Crippen LogP contribution >= 0.6 is 0 Å². The van der Waals surface area contributed by atoms with Gasteiger partial charge in [-0.2, -0.15) is 18.4 Å². The number of nitriles is 1. The van der Waals surface area contributed by atoms with Crippen molar-refractivity contribution in [2.45, 2.75) is 42.6 Å². The summed E-state index contributed by atoms with van der Waals surface area (Å²) in [6.07, 6.45) is -6.66. The summed E-state index contributed by atoms with van der Waals surface area (Å²) in [6, 6.07) is 4.46. The third-order valence-electron chi connectivity index (χ3n) is 6.93. The molecular formula is C20H17F3N2O6. The van der Waals surface area contributed by atoms with Gasteiger partial charge in [-0.05, 0) is 18.2 Å². The maximum absolute atomic E-state index is 13.5. The lowest BCUT2D eigenvalue weighted by molar-refractivity contribution is -0.183. The predicted molar refractivity (Wildman–Crippen MR) is 94.2 cm³/mol. The molecule has 4 aliphatic rings. The number of esters is 1. The topological polar surface area (TPSA) is 109 Å². The van der Waals surface area contributed by atoms with Crippen LogP contribution in [0.3, 0.4) is 0 Å². The fourth-order valence-electron chi connectivity index (χ4n) is 5.77. The van der Waals surface area contributed by atoms with Crippen molar-refractivity contribution in [3.63, 3.8) is 0 Å². The van der Waals surface area contributed by atoms with Gasteiger partial charge in [-0.15, -0.1) is 0 Å². The number of amides is 1. The van der Waals surface area contributed by atoms with Gasteiger partial charge in [-0.25, -0.2) is 4.79 Å². The lowest BCUT2D eigenvalue weighted by Crippen LogP contribution is -2.57. The summed E-state index contributed by atoms with van der Waals surface area (Å²) in [5, 5.41) is 19.7. The first-order valence-corrected chi connectivity index (χ1v) is 9.63. The number of carbonyl (C=O) groups is 2. The highest BCUT2D eigenvalue weighted by Gasteiger charge is 2.82. The molecule has 0 unspecified atom stereocenters. The zero-order valence-corrected chi connectivity index (χ0v) is 16.2. The Kier molecular flexibility index (Phi) is 4.04. The van der Waals surface area contributed by atoms with Gasteiger partial charge in [0.1, 0.15) is 6.23 Å². The number of aliphatic hydroxyl groups excluding tert-OH is 1. The van der Waals surface area contributed by atoms with Crippen LogP contribution in [0.2, 0.25) is 0 Å². The zero-order valence-electron chi connectivity index (χ0n) is 16.2. The Bertz CT molecular complexity index is 1040. The number of ether oxygens (including phenoxy) is 3. The number of aliphatic hydroxyl groups is 1. The van der Waals surface area contributed by atoms with Crippen molar-refractivity contribution in [3.05, 3.63) is 29.3 Å². The summed E-state index contributed by atoms with van der Waals surface area (Å²) in [5.41, 5.74) is -4.82. The molecule has 1 N–H and O–H groups in total. The van der Waals surface area contributed by atoms with Crippen molar-refractivity contribution in [1.29, 1.82) is 5.26 Å². The van der Waals surface area contributed by atoms with E-state index in [9.17, 15) is 27.9 Å². The first-order valence-electron chi connectivity index (χ1n) is 9.63. The van der Waals surface area contributed by atoms with Gasteiger partial charge < -0.3 is 19.3 Å². The zero-order chi connectivity index (χ0) is 22.3. The van der Waals surface area contributed by atoms with E-state index in [0.29, 0.717) is 6.42 Å². The monoisotopic (exact) mass is 438 g/mol. The number of alkyl halides is 3. The third kappa shape index (κ3) is 2.35. The molecule has 0 aromatic heterocycles. The molecule has 4 aliphatic heterocycles. The fraction of sp³-hybridized carbons (Fsp3) is 0.550. The largest absolute Gasteiger partial charge is 0.467 e. The van der Waals surface area contributed by atoms with E-state index < -0.39 is 64.5 Å². The standard InChI is InChI=1S/C20H17F3N2O6/c1-29-17(28)19-12(26)7-18(31-19)4-5-30-16-14(18)13(19)15(27)25(16)10-3-2-9(8-24)11(6-10)20(21,22)23/h2-3,6,12-14,16,26H,4-5,7H2,1H3/t12-,13-,14+,16+,18+,19-/m1/s1. The quantitative estimate of drug-likeness (QED) is 0.695. The van der Waals surface area contributed by atoms with E-state index in [1.807, 2.05) is 0 Å². The smallest absolute Gasteiger partial charge is 0.417 e. The molecule has 4 saturated heterocycles. The van der Waals surface area contributed by atoms with E-state index in [1.165, 1.54) is 12.1 Å². The van der Waals surface area contributed by atoms with Crippen LogP contribution in [0.1, 0.15) is 24.0 Å². The maximum atomic E-state index is 13.5. The highest BCUT2D eigenvalue weighted by atomic mass is 19.4. The Morgan fingerprint density at radius 3 is 2.81 bits per heavy atom. The molecule has 2 bridgehead atoms. The van der Waals surface area contributed by atoms with Crippen molar-refractivity contribution in [2.24, 2.45) is 11.8 Å². The van der Waals surface area contributed by atoms with Crippen molar-refractivity contribution in [1.82, 2.24) is 0 Å². The van der Waals surface area contributed by atoms with Crippen LogP contribution in [-0.4, -0.2) is 54.2 Å². The first-order chi connectivity index (χ1) is 14.6. The lowest BCUT2D eigenvalue weighted by atomic mass is 9.64. The van der Waals surface area contributed by atoms with Gasteiger partial charge in [-0.3, -0.25) is 9.69 Å². The molecule has 0 saturated carbocycles. The highest BCUT2D eigenvalue weighted by Crippen LogP contribution is 2.65. The molecule has 31 heavy (non-hydrogen) atoms. The number of hydrogen-bond donors (Lipinski definition) is 1. The molecule has 4 fully saturated rings. The number of benzene rings is 1. The van der Waals surface area contributed by atoms with E-state index in [2.05, 4.69) is 0 Å². The molecule has 0 radical (unpaired) electrons. The minimum atomic E-state index is -4.81. The summed E-state index contributed by atoms with van der Waals surface area (Å²) >= 11 is 0. The molecule has 164 valence electrons. The number of halogens is 3. The van der Waals surface area contributed by atoms with Gasteiger partial charge in [0.2, 0.25) is 11.5 Å². The third-order valence-corrected chi connectivity index (χ3v) is 6.93. The fourth-order valence-corrected chi connectivity index (χ4v) is 5.77. The Morgan fingerprint density at radius 2 is 2.16 bits per heavy atom. The van der Waals surface area contributed by atoms with Gasteiger partial charge in [-0.1, -0.05) is 0 Å². The van der Waals surface area contributed by atoms with Crippen LogP contribution in [0.15, 0.2) is 18.2 Å². The summed E-state index contributed by atoms with van der Waals surface area (Å²) in [4.78, 5) is 27.3. The Morgan fingerprint density at radius 1 is 1.42 bits per heavy atom. The van der Waals surface area contributed by atoms with Crippen LogP contribution in [0.4, 0.5) is 18.9 Å². The van der Waals surface area contributed by atoms with Gasteiger partial charge >= 0.3 is 12.1 Å². The van der Waals surface area contributed by atoms with Crippen LogP contribution in [0, 0.1) is 23.2 Å². The first kappa shape index (κ1) is 20.2. The van der Waals surface area contributed by atoms with Crippen molar-refractivity contribution >= 4 is 17.6 Å².